The van der Waals surface area contributed by atoms with Crippen molar-refractivity contribution in [3.63, 3.8) is 0 Å². The van der Waals surface area contributed by atoms with Crippen LogP contribution in [-0.2, 0) is 7.05 Å². The third kappa shape index (κ3) is 2.92. The van der Waals surface area contributed by atoms with Crippen molar-refractivity contribution in [1.82, 2.24) is 9.78 Å². The number of hydrogen-bond acceptors (Lipinski definition) is 2. The molecule has 0 aliphatic rings. The Hall–Kier alpha value is -1.27. The maximum Gasteiger partial charge on any atom is 0.110 e. The van der Waals surface area contributed by atoms with Gasteiger partial charge >= 0.3 is 0 Å². The van der Waals surface area contributed by atoms with Crippen molar-refractivity contribution < 1.29 is 0 Å². The van der Waals surface area contributed by atoms with Gasteiger partial charge in [0.2, 0.25) is 0 Å². The minimum atomic E-state index is -0.0140. The van der Waals surface area contributed by atoms with E-state index in [1.54, 1.807) is 10.9 Å². The van der Waals surface area contributed by atoms with E-state index in [4.69, 9.17) is 5.73 Å². The summed E-state index contributed by atoms with van der Waals surface area (Å²) in [6.45, 7) is 2.10. The smallest absolute Gasteiger partial charge is 0.110 e. The van der Waals surface area contributed by atoms with E-state index in [2.05, 4.69) is 23.9 Å². The zero-order chi connectivity index (χ0) is 9.68. The van der Waals surface area contributed by atoms with E-state index < -0.39 is 0 Å². The number of aromatic nitrogens is 2. The molecule has 0 saturated heterocycles. The normalized spacial score (nSPS) is 11.9. The Kier molecular flexibility index (Phi) is 3.53. The van der Waals surface area contributed by atoms with Crippen LogP contribution in [0.15, 0.2) is 12.3 Å². The van der Waals surface area contributed by atoms with Gasteiger partial charge in [-0.3, -0.25) is 4.68 Å². The van der Waals surface area contributed by atoms with Crippen molar-refractivity contribution in [2.24, 2.45) is 12.8 Å². The number of hydrogen-bond donors (Lipinski definition) is 1. The first-order valence-corrected chi connectivity index (χ1v) is 4.49. The first-order chi connectivity index (χ1) is 6.24. The molecule has 0 fully saturated rings. The van der Waals surface area contributed by atoms with E-state index in [1.165, 1.54) is 0 Å². The molecule has 1 atom stereocenters. The van der Waals surface area contributed by atoms with Crippen molar-refractivity contribution in [3.8, 4) is 11.8 Å². The lowest BCUT2D eigenvalue weighted by molar-refractivity contribution is 0.719. The quantitative estimate of drug-likeness (QED) is 0.682. The Morgan fingerprint density at radius 2 is 2.46 bits per heavy atom. The average molecular weight is 177 g/mol. The van der Waals surface area contributed by atoms with Crippen molar-refractivity contribution in [2.75, 3.05) is 0 Å². The van der Waals surface area contributed by atoms with Gasteiger partial charge in [0, 0.05) is 7.05 Å². The van der Waals surface area contributed by atoms with Crippen LogP contribution in [0.1, 0.15) is 25.5 Å². The van der Waals surface area contributed by atoms with E-state index >= 15 is 0 Å². The third-order valence-electron chi connectivity index (χ3n) is 1.81. The fourth-order valence-electron chi connectivity index (χ4n) is 1.05. The second kappa shape index (κ2) is 4.68. The summed E-state index contributed by atoms with van der Waals surface area (Å²) in [5, 5.41) is 4.01. The lowest BCUT2D eigenvalue weighted by Gasteiger charge is -1.98. The molecule has 70 valence electrons. The third-order valence-corrected chi connectivity index (χ3v) is 1.81. The Morgan fingerprint density at radius 3 is 3.00 bits per heavy atom. The van der Waals surface area contributed by atoms with Gasteiger partial charge in [-0.1, -0.05) is 19.3 Å². The van der Waals surface area contributed by atoms with Crippen LogP contribution in [-0.4, -0.2) is 15.8 Å². The summed E-state index contributed by atoms with van der Waals surface area (Å²) in [5.41, 5.74) is 6.66. The molecule has 0 aliphatic carbocycles. The first kappa shape index (κ1) is 9.82. The van der Waals surface area contributed by atoms with Gasteiger partial charge in [0.1, 0.15) is 5.69 Å². The average Bonchev–Trinajstić information content (AvgIpc) is 2.48. The van der Waals surface area contributed by atoms with Crippen LogP contribution in [0.2, 0.25) is 0 Å². The molecule has 0 radical (unpaired) electrons. The number of rotatable bonds is 2. The summed E-state index contributed by atoms with van der Waals surface area (Å²) in [6, 6.07) is 1.87. The molecule has 3 nitrogen and oxygen atoms in total. The summed E-state index contributed by atoms with van der Waals surface area (Å²) >= 11 is 0. The summed E-state index contributed by atoms with van der Waals surface area (Å²) in [4.78, 5) is 0. The fraction of sp³-hybridized carbons (Fsp3) is 0.500. The van der Waals surface area contributed by atoms with Gasteiger partial charge in [-0.15, -0.1) is 0 Å². The van der Waals surface area contributed by atoms with E-state index in [-0.39, 0.29) is 6.04 Å². The zero-order valence-corrected chi connectivity index (χ0v) is 8.12. The monoisotopic (exact) mass is 177 g/mol. The molecule has 1 unspecified atom stereocenters. The topological polar surface area (TPSA) is 43.8 Å². The van der Waals surface area contributed by atoms with Crippen LogP contribution in [0.25, 0.3) is 0 Å². The molecule has 1 rings (SSSR count). The van der Waals surface area contributed by atoms with E-state index in [0.717, 1.165) is 18.5 Å². The minimum absolute atomic E-state index is 0.0140. The van der Waals surface area contributed by atoms with Gasteiger partial charge in [-0.2, -0.15) is 5.10 Å². The molecule has 0 spiro atoms. The zero-order valence-electron chi connectivity index (χ0n) is 8.12. The summed E-state index contributed by atoms with van der Waals surface area (Å²) in [7, 11) is 1.87. The van der Waals surface area contributed by atoms with Gasteiger partial charge in [0.15, 0.2) is 0 Å². The Balaban J connectivity index is 2.62. The second-order valence-electron chi connectivity index (χ2n) is 3.00. The predicted molar refractivity (Wildman–Crippen MR) is 53.0 cm³/mol. The highest BCUT2D eigenvalue weighted by molar-refractivity contribution is 5.28. The van der Waals surface area contributed by atoms with Crippen molar-refractivity contribution in [3.05, 3.63) is 18.0 Å². The van der Waals surface area contributed by atoms with Crippen molar-refractivity contribution in [2.45, 2.75) is 25.8 Å². The molecule has 13 heavy (non-hydrogen) atoms. The number of nitrogens with two attached hydrogens (primary N) is 1. The standard InChI is InChI=1S/C10H15N3/c1-3-4-9(11)5-6-10-7-8-12-13(10)2/h7-9H,3-4,11H2,1-2H3. The first-order valence-electron chi connectivity index (χ1n) is 4.49. The number of nitrogens with zero attached hydrogens (tertiary/aromatic N) is 2. The molecule has 2 N–H and O–H groups in total. The fourth-order valence-corrected chi connectivity index (χ4v) is 1.05. The molecule has 0 aromatic carbocycles. The van der Waals surface area contributed by atoms with E-state index in [1.807, 2.05) is 13.1 Å². The van der Waals surface area contributed by atoms with Crippen LogP contribution >= 0.6 is 0 Å². The molecule has 0 amide bonds. The van der Waals surface area contributed by atoms with Gasteiger partial charge in [0.25, 0.3) is 0 Å². The Morgan fingerprint density at radius 1 is 1.69 bits per heavy atom. The van der Waals surface area contributed by atoms with Crippen LogP contribution in [0, 0.1) is 11.8 Å². The van der Waals surface area contributed by atoms with Gasteiger partial charge in [0.05, 0.1) is 12.2 Å². The minimum Gasteiger partial charge on any atom is -0.318 e. The maximum absolute atomic E-state index is 5.75. The molecule has 3 heteroatoms. The van der Waals surface area contributed by atoms with Crippen LogP contribution < -0.4 is 5.73 Å². The molecule has 1 aromatic rings. The molecular weight excluding hydrogens is 162 g/mol. The lowest BCUT2D eigenvalue weighted by Crippen LogP contribution is -2.16. The largest absolute Gasteiger partial charge is 0.318 e. The summed E-state index contributed by atoms with van der Waals surface area (Å²) in [5.74, 6) is 6.00. The van der Waals surface area contributed by atoms with Gasteiger partial charge < -0.3 is 5.73 Å². The molecule has 0 saturated carbocycles. The predicted octanol–water partition coefficient (Wildman–Crippen LogP) is 0.899. The maximum atomic E-state index is 5.75. The highest BCUT2D eigenvalue weighted by atomic mass is 15.2. The highest BCUT2D eigenvalue weighted by Gasteiger charge is 1.95. The SMILES string of the molecule is CCCC(N)C#Cc1ccnn1C. The van der Waals surface area contributed by atoms with Crippen molar-refractivity contribution >= 4 is 0 Å². The molecule has 1 heterocycles. The highest BCUT2D eigenvalue weighted by Crippen LogP contribution is 1.94. The van der Waals surface area contributed by atoms with Gasteiger partial charge in [-0.05, 0) is 18.4 Å². The van der Waals surface area contributed by atoms with Crippen molar-refractivity contribution in [1.29, 1.82) is 0 Å². The Labute approximate surface area is 78.9 Å². The Bertz CT molecular complexity index is 316. The van der Waals surface area contributed by atoms with Crippen LogP contribution in [0.5, 0.6) is 0 Å². The van der Waals surface area contributed by atoms with Gasteiger partial charge in [-0.25, -0.2) is 0 Å². The van der Waals surface area contributed by atoms with Crippen LogP contribution in [0.4, 0.5) is 0 Å². The van der Waals surface area contributed by atoms with E-state index in [0.29, 0.717) is 0 Å². The number of aryl methyl sites for hydroxylation is 1. The molecule has 0 bridgehead atoms. The lowest BCUT2D eigenvalue weighted by atomic mass is 10.2. The molecular formula is C10H15N3. The molecule has 1 aromatic heterocycles. The second-order valence-corrected chi connectivity index (χ2v) is 3.00. The van der Waals surface area contributed by atoms with E-state index in [9.17, 15) is 0 Å². The molecule has 0 aliphatic heterocycles. The summed E-state index contributed by atoms with van der Waals surface area (Å²) in [6.07, 6.45) is 3.75. The summed E-state index contributed by atoms with van der Waals surface area (Å²) < 4.78 is 1.74. The van der Waals surface area contributed by atoms with Crippen LogP contribution in [0.3, 0.4) is 0 Å².